The molecule has 0 bridgehead atoms. The molecule has 0 radical (unpaired) electrons. The molecular formula is C25H38N4O2. The SMILES string of the molecule is CCCCN(CC(=O)N(Cc1cccn1C)CC(C)C)C(=O)Nc1ccccc1CC. The van der Waals surface area contributed by atoms with Gasteiger partial charge in [0.05, 0.1) is 6.54 Å². The molecule has 3 amide bonds. The molecule has 6 heteroatoms. The normalized spacial score (nSPS) is 10.9. The Morgan fingerprint density at radius 3 is 2.42 bits per heavy atom. The molecule has 1 N–H and O–H groups in total. The molecule has 0 aliphatic carbocycles. The number of nitrogens with zero attached hydrogens (tertiary/aromatic N) is 3. The van der Waals surface area contributed by atoms with Gasteiger partial charge in [-0.1, -0.05) is 52.3 Å². The predicted molar refractivity (Wildman–Crippen MR) is 127 cm³/mol. The van der Waals surface area contributed by atoms with E-state index in [0.717, 1.165) is 36.2 Å². The van der Waals surface area contributed by atoms with Crippen molar-refractivity contribution < 1.29 is 9.59 Å². The summed E-state index contributed by atoms with van der Waals surface area (Å²) >= 11 is 0. The van der Waals surface area contributed by atoms with E-state index in [1.165, 1.54) is 0 Å². The van der Waals surface area contributed by atoms with Gasteiger partial charge in [-0.3, -0.25) is 4.79 Å². The van der Waals surface area contributed by atoms with Crippen molar-refractivity contribution in [3.63, 3.8) is 0 Å². The molecule has 2 rings (SSSR count). The first-order valence-corrected chi connectivity index (χ1v) is 11.4. The van der Waals surface area contributed by atoms with Crippen molar-refractivity contribution in [2.24, 2.45) is 13.0 Å². The molecule has 0 fully saturated rings. The van der Waals surface area contributed by atoms with Crippen molar-refractivity contribution in [1.82, 2.24) is 14.4 Å². The van der Waals surface area contributed by atoms with Crippen LogP contribution in [-0.4, -0.2) is 45.9 Å². The fraction of sp³-hybridized carbons (Fsp3) is 0.520. The number of anilines is 1. The number of hydrogen-bond donors (Lipinski definition) is 1. The summed E-state index contributed by atoms with van der Waals surface area (Å²) in [6, 6.07) is 11.6. The molecule has 6 nitrogen and oxygen atoms in total. The number of carbonyl (C=O) groups is 2. The Hall–Kier alpha value is -2.76. The molecule has 0 aliphatic heterocycles. The summed E-state index contributed by atoms with van der Waals surface area (Å²) in [4.78, 5) is 29.9. The number of rotatable bonds is 11. The van der Waals surface area contributed by atoms with E-state index >= 15 is 0 Å². The van der Waals surface area contributed by atoms with E-state index in [0.29, 0.717) is 25.6 Å². The maximum Gasteiger partial charge on any atom is 0.322 e. The lowest BCUT2D eigenvalue weighted by atomic mass is 10.1. The number of hydrogen-bond acceptors (Lipinski definition) is 2. The first-order valence-electron chi connectivity index (χ1n) is 11.4. The maximum atomic E-state index is 13.3. The quantitative estimate of drug-likeness (QED) is 0.555. The summed E-state index contributed by atoms with van der Waals surface area (Å²) in [5.41, 5.74) is 2.98. The highest BCUT2D eigenvalue weighted by atomic mass is 16.2. The lowest BCUT2D eigenvalue weighted by molar-refractivity contribution is -0.133. The minimum atomic E-state index is -0.217. The highest BCUT2D eigenvalue weighted by molar-refractivity contribution is 5.93. The molecule has 2 aromatic rings. The highest BCUT2D eigenvalue weighted by Crippen LogP contribution is 2.17. The Balaban J connectivity index is 2.14. The van der Waals surface area contributed by atoms with E-state index in [4.69, 9.17) is 0 Å². The molecule has 1 heterocycles. The topological polar surface area (TPSA) is 57.6 Å². The zero-order chi connectivity index (χ0) is 22.8. The van der Waals surface area contributed by atoms with Crippen LogP contribution >= 0.6 is 0 Å². The fourth-order valence-electron chi connectivity index (χ4n) is 3.56. The number of para-hydroxylation sites is 1. The number of benzene rings is 1. The number of carbonyl (C=O) groups excluding carboxylic acids is 2. The van der Waals surface area contributed by atoms with Crippen molar-refractivity contribution in [3.05, 3.63) is 53.9 Å². The van der Waals surface area contributed by atoms with Crippen LogP contribution in [0.4, 0.5) is 10.5 Å². The Morgan fingerprint density at radius 2 is 1.81 bits per heavy atom. The first-order chi connectivity index (χ1) is 14.8. The molecule has 170 valence electrons. The van der Waals surface area contributed by atoms with Crippen LogP contribution in [-0.2, 0) is 24.8 Å². The van der Waals surface area contributed by atoms with E-state index in [2.05, 4.69) is 33.0 Å². The van der Waals surface area contributed by atoms with Gasteiger partial charge in [-0.25, -0.2) is 4.79 Å². The van der Waals surface area contributed by atoms with Gasteiger partial charge in [-0.15, -0.1) is 0 Å². The molecule has 0 aliphatic rings. The molecule has 0 saturated heterocycles. The highest BCUT2D eigenvalue weighted by Gasteiger charge is 2.23. The van der Waals surface area contributed by atoms with E-state index in [9.17, 15) is 9.59 Å². The van der Waals surface area contributed by atoms with Gasteiger partial charge in [-0.2, -0.15) is 0 Å². The second-order valence-electron chi connectivity index (χ2n) is 8.49. The third-order valence-electron chi connectivity index (χ3n) is 5.38. The van der Waals surface area contributed by atoms with E-state index in [1.807, 2.05) is 59.1 Å². The standard InChI is InChI=1S/C25H38N4O2/c1-6-8-16-28(25(31)26-23-14-10-9-12-21(23)7-2)19-24(30)29(17-20(3)4)18-22-13-11-15-27(22)5/h9-15,20H,6-8,16-19H2,1-5H3,(H,26,31). The lowest BCUT2D eigenvalue weighted by Gasteiger charge is -2.29. The Labute approximate surface area is 187 Å². The number of aryl methyl sites for hydroxylation is 2. The average molecular weight is 427 g/mol. The summed E-state index contributed by atoms with van der Waals surface area (Å²) < 4.78 is 2.03. The van der Waals surface area contributed by atoms with Crippen LogP contribution in [0.25, 0.3) is 0 Å². The summed E-state index contributed by atoms with van der Waals surface area (Å²) in [7, 11) is 1.99. The zero-order valence-electron chi connectivity index (χ0n) is 19.7. The third-order valence-corrected chi connectivity index (χ3v) is 5.38. The minimum absolute atomic E-state index is 0.0232. The number of nitrogens with one attached hydrogen (secondary N) is 1. The van der Waals surface area contributed by atoms with Crippen molar-refractivity contribution >= 4 is 17.6 Å². The van der Waals surface area contributed by atoms with Crippen LogP contribution < -0.4 is 5.32 Å². The van der Waals surface area contributed by atoms with Crippen LogP contribution in [0.2, 0.25) is 0 Å². The second-order valence-corrected chi connectivity index (χ2v) is 8.49. The third kappa shape index (κ3) is 7.46. The van der Waals surface area contributed by atoms with Crippen molar-refractivity contribution in [1.29, 1.82) is 0 Å². The van der Waals surface area contributed by atoms with Crippen LogP contribution in [0.3, 0.4) is 0 Å². The van der Waals surface area contributed by atoms with E-state index in [-0.39, 0.29) is 18.5 Å². The molecule has 0 atom stereocenters. The second kappa shape index (κ2) is 12.2. The lowest BCUT2D eigenvalue weighted by Crippen LogP contribution is -2.45. The Morgan fingerprint density at radius 1 is 1.06 bits per heavy atom. The molecule has 0 saturated carbocycles. The number of unbranched alkanes of at least 4 members (excludes halogenated alkanes) is 1. The van der Waals surface area contributed by atoms with Crippen LogP contribution in [0, 0.1) is 5.92 Å². The van der Waals surface area contributed by atoms with E-state index < -0.39 is 0 Å². The fourth-order valence-corrected chi connectivity index (χ4v) is 3.56. The van der Waals surface area contributed by atoms with Crippen molar-refractivity contribution in [2.45, 2.75) is 53.5 Å². The molecule has 0 spiro atoms. The van der Waals surface area contributed by atoms with E-state index in [1.54, 1.807) is 4.90 Å². The Kier molecular flexibility index (Phi) is 9.63. The monoisotopic (exact) mass is 426 g/mol. The smallest absolute Gasteiger partial charge is 0.322 e. The summed E-state index contributed by atoms with van der Waals surface area (Å²) in [5, 5.41) is 3.02. The average Bonchev–Trinajstić information content (AvgIpc) is 3.14. The van der Waals surface area contributed by atoms with Crippen LogP contribution in [0.15, 0.2) is 42.6 Å². The van der Waals surface area contributed by atoms with Gasteiger partial charge < -0.3 is 19.7 Å². The van der Waals surface area contributed by atoms with Crippen molar-refractivity contribution in [3.8, 4) is 0 Å². The van der Waals surface area contributed by atoms with Gasteiger partial charge in [0.25, 0.3) is 0 Å². The van der Waals surface area contributed by atoms with Gasteiger partial charge in [-0.05, 0) is 42.5 Å². The predicted octanol–water partition coefficient (Wildman–Crippen LogP) is 4.91. The van der Waals surface area contributed by atoms with Gasteiger partial charge in [0.1, 0.15) is 6.54 Å². The van der Waals surface area contributed by atoms with Crippen molar-refractivity contribution in [2.75, 3.05) is 25.0 Å². The molecular weight excluding hydrogens is 388 g/mol. The summed E-state index contributed by atoms with van der Waals surface area (Å²) in [6.07, 6.45) is 4.64. The maximum absolute atomic E-state index is 13.3. The molecule has 1 aromatic carbocycles. The zero-order valence-corrected chi connectivity index (χ0v) is 19.7. The number of aromatic nitrogens is 1. The van der Waals surface area contributed by atoms with Crippen LogP contribution in [0.1, 0.15) is 51.8 Å². The first kappa shape index (κ1) is 24.5. The van der Waals surface area contributed by atoms with Gasteiger partial charge in [0, 0.05) is 37.7 Å². The van der Waals surface area contributed by atoms with Gasteiger partial charge >= 0.3 is 6.03 Å². The van der Waals surface area contributed by atoms with Gasteiger partial charge in [0.2, 0.25) is 5.91 Å². The Bertz CT molecular complexity index is 844. The van der Waals surface area contributed by atoms with Crippen LogP contribution in [0.5, 0.6) is 0 Å². The van der Waals surface area contributed by atoms with Gasteiger partial charge in [0.15, 0.2) is 0 Å². The molecule has 0 unspecified atom stereocenters. The largest absolute Gasteiger partial charge is 0.353 e. The molecule has 1 aromatic heterocycles. The molecule has 31 heavy (non-hydrogen) atoms. The summed E-state index contributed by atoms with van der Waals surface area (Å²) in [6.45, 7) is 10.2. The number of amides is 3. The summed E-state index contributed by atoms with van der Waals surface area (Å²) in [5.74, 6) is 0.323. The minimum Gasteiger partial charge on any atom is -0.353 e. The number of urea groups is 1.